The molecule has 0 saturated heterocycles. The Balaban J connectivity index is 0.000000106. The van der Waals surface area contributed by atoms with Crippen molar-refractivity contribution in [1.29, 1.82) is 0 Å². The molecule has 15 aromatic carbocycles. The molecule has 0 aliphatic rings. The van der Waals surface area contributed by atoms with E-state index in [2.05, 4.69) is 248 Å². The Morgan fingerprint density at radius 3 is 0.714 bits per heavy atom. The largest absolute Gasteiger partial charge is 0.307 e. The van der Waals surface area contributed by atoms with Crippen molar-refractivity contribution in [2.45, 2.75) is 0 Å². The Hall–Kier alpha value is -17.8. The van der Waals surface area contributed by atoms with E-state index in [4.69, 9.17) is 49.8 Å². The number of rotatable bonds is 11. The summed E-state index contributed by atoms with van der Waals surface area (Å²) < 4.78 is 13.2. The number of hydrogen-bond donors (Lipinski definition) is 0. The first-order chi connectivity index (χ1) is 62.6. The zero-order valence-electron chi connectivity index (χ0n) is 67.0. The molecule has 26 rings (SSSR count). The number of hydrogen-bond acceptors (Lipinski definition) is 14. The number of fused-ring (bicyclic) bond motifs is 21. The van der Waals surface area contributed by atoms with Gasteiger partial charge in [-0.15, -0.1) is 0 Å². The molecule has 11 heterocycles. The first kappa shape index (κ1) is 72.3. The van der Waals surface area contributed by atoms with Gasteiger partial charge < -0.3 is 4.57 Å². The van der Waals surface area contributed by atoms with Crippen LogP contribution < -0.4 is 0 Å². The molecule has 0 radical (unpaired) electrons. The van der Waals surface area contributed by atoms with Gasteiger partial charge in [0.1, 0.15) is 19.0 Å². The Labute approximate surface area is 717 Å². The Bertz CT molecular complexity index is 8230. The zero-order chi connectivity index (χ0) is 83.1. The maximum absolute atomic E-state index is 5.14. The lowest BCUT2D eigenvalue weighted by Gasteiger charge is -2.12. The van der Waals surface area contributed by atoms with E-state index in [1.54, 1.807) is 18.7 Å². The monoisotopic (exact) mass is 1620 g/mol. The fraction of sp³-hybridized carbons (Fsp3) is 0. The predicted octanol–water partition coefficient (Wildman–Crippen LogP) is 23.5. The highest BCUT2D eigenvalue weighted by Gasteiger charge is 2.29. The maximum Gasteiger partial charge on any atom is 0.238 e. The second-order valence-corrected chi connectivity index (χ2v) is 30.5. The molecule has 0 N–H and O–H groups in total. The van der Waals surface area contributed by atoms with E-state index >= 15 is 0 Å². The normalized spacial score (nSPS) is 11.7. The molecule has 0 aliphatic heterocycles. The molecular weight excluding hydrogens is 1550 g/mol. The van der Waals surface area contributed by atoms with Crippen molar-refractivity contribution < 1.29 is 0 Å². The fourth-order valence-electron chi connectivity index (χ4n) is 18.1. The lowest BCUT2D eigenvalue weighted by Crippen LogP contribution is -2.07. The van der Waals surface area contributed by atoms with Crippen LogP contribution in [0.3, 0.4) is 0 Å². The lowest BCUT2D eigenvalue weighted by molar-refractivity contribution is 0.932. The summed E-state index contributed by atoms with van der Waals surface area (Å²) in [6.07, 6.45) is 8.23. The minimum Gasteiger partial charge on any atom is -0.307 e. The first-order valence-electron chi connectivity index (χ1n) is 41.4. The molecule has 590 valence electrons. The predicted molar refractivity (Wildman–Crippen MR) is 502 cm³/mol. The van der Waals surface area contributed by atoms with Gasteiger partial charge in [0.25, 0.3) is 0 Å². The van der Waals surface area contributed by atoms with Gasteiger partial charge in [-0.1, -0.05) is 315 Å². The second kappa shape index (κ2) is 30.2. The van der Waals surface area contributed by atoms with E-state index < -0.39 is 0 Å². The Kier molecular flexibility index (Phi) is 17.3. The molecule has 20 heteroatoms. The summed E-state index contributed by atoms with van der Waals surface area (Å²) in [5.41, 5.74) is 18.1. The third kappa shape index (κ3) is 12.0. The Morgan fingerprint density at radius 1 is 0.151 bits per heavy atom. The van der Waals surface area contributed by atoms with Crippen LogP contribution in [0.2, 0.25) is 0 Å². The van der Waals surface area contributed by atoms with Crippen LogP contribution in [-0.4, -0.2) is 97.2 Å². The van der Waals surface area contributed by atoms with Crippen molar-refractivity contribution in [2.24, 2.45) is 0 Å². The molecule has 0 unspecified atom stereocenters. The zero-order valence-corrected chi connectivity index (χ0v) is 67.0. The third-order valence-electron chi connectivity index (χ3n) is 23.4. The van der Waals surface area contributed by atoms with E-state index in [9.17, 15) is 0 Å². The first-order valence-corrected chi connectivity index (χ1v) is 41.4. The highest BCUT2D eigenvalue weighted by Crippen LogP contribution is 2.46. The maximum atomic E-state index is 5.14. The molecule has 26 aromatic rings. The van der Waals surface area contributed by atoms with E-state index in [1.165, 1.54) is 28.9 Å². The molecule has 126 heavy (non-hydrogen) atoms. The van der Waals surface area contributed by atoms with Crippen molar-refractivity contribution >= 4 is 131 Å². The molecule has 0 bridgehead atoms. The quantitative estimate of drug-likeness (QED) is 0.118. The number of nitrogens with zero attached hydrogens (tertiary/aromatic N) is 20. The van der Waals surface area contributed by atoms with Crippen molar-refractivity contribution in [3.05, 3.63) is 401 Å². The number of para-hydroxylation sites is 7. The molecule has 0 amide bonds. The van der Waals surface area contributed by atoms with Gasteiger partial charge in [0, 0.05) is 111 Å². The van der Waals surface area contributed by atoms with Gasteiger partial charge in [-0.3, -0.25) is 22.8 Å². The van der Waals surface area contributed by atoms with Crippen LogP contribution in [0.4, 0.5) is 0 Å². The summed E-state index contributed by atoms with van der Waals surface area (Å²) in [5, 5.41) is 13.5. The SMILES string of the molecule is c1ccc(-c2nc(-c3ccccc3)nc(-n3c4ccccc4c4ccc5c6ccccc6n(-c6ncccn6)c5c43)n2)cc1.c1ccc(-c2nc(-c3ccccc3)nc(-n3c4ccccc4c4ccc5c6ccccc6n(-c6ncncn6)c5c43)n2)cc1.c1ccc(-c2ncnc(-n3c4ccccc4c4ccc5c6ccccc6n(-c6ccccc6)c5c43)n2)cc1. The van der Waals surface area contributed by atoms with Gasteiger partial charge in [0.2, 0.25) is 29.7 Å². The van der Waals surface area contributed by atoms with E-state index in [1.807, 2.05) is 170 Å². The second-order valence-electron chi connectivity index (χ2n) is 30.5. The van der Waals surface area contributed by atoms with Crippen LogP contribution in [0.5, 0.6) is 0 Å². The van der Waals surface area contributed by atoms with Gasteiger partial charge in [-0.25, -0.2) is 44.9 Å². The van der Waals surface area contributed by atoms with Crippen LogP contribution in [0.15, 0.2) is 401 Å². The van der Waals surface area contributed by atoms with Crippen molar-refractivity contribution in [3.8, 4) is 92.4 Å². The van der Waals surface area contributed by atoms with Crippen molar-refractivity contribution in [3.63, 3.8) is 0 Å². The average molecular weight is 1620 g/mol. The van der Waals surface area contributed by atoms with Gasteiger partial charge in [-0.2, -0.15) is 24.9 Å². The average Bonchev–Trinajstić information content (AvgIpc) is 1.55. The van der Waals surface area contributed by atoms with Gasteiger partial charge >= 0.3 is 0 Å². The van der Waals surface area contributed by atoms with Gasteiger partial charge in [-0.05, 0) is 54.6 Å². The highest BCUT2D eigenvalue weighted by atomic mass is 15.2. The topological polar surface area (TPSA) is 210 Å². The Morgan fingerprint density at radius 2 is 0.389 bits per heavy atom. The summed E-state index contributed by atoms with van der Waals surface area (Å²) in [5.74, 6) is 5.90. The lowest BCUT2D eigenvalue weighted by atomic mass is 10.1. The van der Waals surface area contributed by atoms with Crippen LogP contribution in [-0.2, 0) is 0 Å². The summed E-state index contributed by atoms with van der Waals surface area (Å²) in [6, 6.07) is 127. The molecule has 0 aliphatic carbocycles. The number of aromatic nitrogens is 20. The van der Waals surface area contributed by atoms with E-state index in [-0.39, 0.29) is 0 Å². The summed E-state index contributed by atoms with van der Waals surface area (Å²) in [4.78, 5) is 67.2. The minimum absolute atomic E-state index is 0.531. The molecule has 0 atom stereocenters. The van der Waals surface area contributed by atoms with Crippen LogP contribution in [0, 0.1) is 0 Å². The summed E-state index contributed by atoms with van der Waals surface area (Å²) in [6.45, 7) is 0. The number of benzene rings is 15. The molecular formula is C106H66N20. The highest BCUT2D eigenvalue weighted by molar-refractivity contribution is 6.27. The van der Waals surface area contributed by atoms with Crippen molar-refractivity contribution in [1.82, 2.24) is 97.2 Å². The molecule has 11 aromatic heterocycles. The standard InChI is InChI=1S/C37H23N7.C36H22N8.C33H21N5/c1-3-12-24(13-4-1)34-40-35(25-14-5-2-6-15-25)42-37(41-34)44-31-19-10-8-17-27(31)29-21-20-28-26-16-7-9-18-30(26)43(32(28)33(29)44)36-38-22-11-23-39-36;1-3-11-23(12-4-1)33-40-34(24-13-5-2-6-14-24)42-36(41-33)44-30-18-10-8-16-26(30)28-20-19-27-25-15-7-9-17-29(25)43(31(27)32(28)44)35-38-21-37-22-39-35;1-3-11-22(12-4-1)32-34-21-35-33(36-32)38-29-18-10-8-16-25(29)27-20-19-26-24-15-7-9-17-28(24)37(30(26)31(27)38)23-13-5-2-6-14-23/h1-23H;1-22H;1-21H. The van der Waals surface area contributed by atoms with Crippen LogP contribution >= 0.6 is 0 Å². The summed E-state index contributed by atoms with van der Waals surface area (Å²) >= 11 is 0. The molecule has 20 nitrogen and oxygen atoms in total. The molecule has 0 fully saturated rings. The minimum atomic E-state index is 0.531. The van der Waals surface area contributed by atoms with Crippen molar-refractivity contribution in [2.75, 3.05) is 0 Å². The van der Waals surface area contributed by atoms with E-state index in [0.717, 1.165) is 148 Å². The van der Waals surface area contributed by atoms with Gasteiger partial charge in [0.15, 0.2) is 29.1 Å². The van der Waals surface area contributed by atoms with Crippen LogP contribution in [0.25, 0.3) is 223 Å². The molecule has 0 spiro atoms. The van der Waals surface area contributed by atoms with Crippen LogP contribution in [0.1, 0.15) is 0 Å². The fourth-order valence-corrected chi connectivity index (χ4v) is 18.1. The molecule has 0 saturated carbocycles. The third-order valence-corrected chi connectivity index (χ3v) is 23.4. The smallest absolute Gasteiger partial charge is 0.238 e. The van der Waals surface area contributed by atoms with Gasteiger partial charge in [0.05, 0.1) is 66.2 Å². The van der Waals surface area contributed by atoms with E-state index in [0.29, 0.717) is 58.9 Å². The summed E-state index contributed by atoms with van der Waals surface area (Å²) in [7, 11) is 0.